The van der Waals surface area contributed by atoms with Gasteiger partial charge in [0.25, 0.3) is 5.91 Å². The zero-order valence-corrected chi connectivity index (χ0v) is 14.5. The van der Waals surface area contributed by atoms with Crippen LogP contribution < -0.4 is 15.4 Å². The zero-order chi connectivity index (χ0) is 16.2. The smallest absolute Gasteiger partial charge is 0.322 e. The van der Waals surface area contributed by atoms with Gasteiger partial charge in [-0.25, -0.2) is 4.79 Å². The molecule has 2 N–H and O–H groups in total. The highest BCUT2D eigenvalue weighted by Gasteiger charge is 2.59. The van der Waals surface area contributed by atoms with E-state index in [4.69, 9.17) is 4.74 Å². The van der Waals surface area contributed by atoms with Crippen molar-refractivity contribution in [3.8, 4) is 5.75 Å². The Morgan fingerprint density at radius 1 is 1.39 bits per heavy atom. The standard InChI is InChI=1S/C17H19BrN2O3/c1-2-10-5-6-16(8-10)9-17(14(21)19-15(22)20-17)12-7-11(18)3-4-13(12)23-16/h3-4,7,10H,2,5-6,8-9H2,1H3,(H2,19,20,21,22). The van der Waals surface area contributed by atoms with Gasteiger partial charge in [0.2, 0.25) is 0 Å². The summed E-state index contributed by atoms with van der Waals surface area (Å²) in [5.41, 5.74) is -0.645. The molecule has 0 bridgehead atoms. The lowest BCUT2D eigenvalue weighted by atomic mass is 9.75. The molecule has 3 amide bonds. The summed E-state index contributed by atoms with van der Waals surface area (Å²) in [6.45, 7) is 2.19. The molecule has 23 heavy (non-hydrogen) atoms. The van der Waals surface area contributed by atoms with Gasteiger partial charge in [0, 0.05) is 16.5 Å². The predicted molar refractivity (Wildman–Crippen MR) is 88.1 cm³/mol. The van der Waals surface area contributed by atoms with Crippen LogP contribution in [0.15, 0.2) is 22.7 Å². The van der Waals surface area contributed by atoms with Gasteiger partial charge in [-0.1, -0.05) is 29.3 Å². The van der Waals surface area contributed by atoms with E-state index in [1.807, 2.05) is 18.2 Å². The first-order valence-electron chi connectivity index (χ1n) is 8.09. The van der Waals surface area contributed by atoms with Crippen LogP contribution >= 0.6 is 15.9 Å². The van der Waals surface area contributed by atoms with E-state index in [-0.39, 0.29) is 11.5 Å². The summed E-state index contributed by atoms with van der Waals surface area (Å²) in [4.78, 5) is 24.5. The molecule has 1 aliphatic carbocycles. The summed E-state index contributed by atoms with van der Waals surface area (Å²) in [5, 5.41) is 5.30. The zero-order valence-electron chi connectivity index (χ0n) is 12.9. The average Bonchev–Trinajstić information content (AvgIpc) is 3.02. The van der Waals surface area contributed by atoms with E-state index in [0.29, 0.717) is 18.1 Å². The molecule has 122 valence electrons. The number of rotatable bonds is 1. The van der Waals surface area contributed by atoms with Crippen molar-refractivity contribution < 1.29 is 14.3 Å². The van der Waals surface area contributed by atoms with Crippen molar-refractivity contribution in [2.45, 2.75) is 50.2 Å². The molecule has 2 heterocycles. The van der Waals surface area contributed by atoms with Gasteiger partial charge in [-0.2, -0.15) is 0 Å². The van der Waals surface area contributed by atoms with Crippen molar-refractivity contribution in [3.63, 3.8) is 0 Å². The molecule has 0 aromatic heterocycles. The number of fused-ring (bicyclic) bond motifs is 2. The summed E-state index contributed by atoms with van der Waals surface area (Å²) < 4.78 is 7.25. The number of imide groups is 1. The lowest BCUT2D eigenvalue weighted by Crippen LogP contribution is -2.55. The average molecular weight is 379 g/mol. The molecule has 4 rings (SSSR count). The Bertz CT molecular complexity index is 707. The summed E-state index contributed by atoms with van der Waals surface area (Å²) in [6.07, 6.45) is 4.57. The van der Waals surface area contributed by atoms with Gasteiger partial charge >= 0.3 is 6.03 Å². The number of urea groups is 1. The molecule has 0 radical (unpaired) electrons. The normalized spacial score (nSPS) is 35.1. The maximum Gasteiger partial charge on any atom is 0.322 e. The Morgan fingerprint density at radius 3 is 2.87 bits per heavy atom. The van der Waals surface area contributed by atoms with Crippen LogP contribution in [0.2, 0.25) is 0 Å². The van der Waals surface area contributed by atoms with Crippen LogP contribution in [0, 0.1) is 5.92 Å². The molecule has 2 fully saturated rings. The van der Waals surface area contributed by atoms with Crippen LogP contribution in [0.5, 0.6) is 5.75 Å². The third-order valence-corrected chi connectivity index (χ3v) is 6.00. The minimum atomic E-state index is -1.02. The van der Waals surface area contributed by atoms with Crippen molar-refractivity contribution in [1.29, 1.82) is 0 Å². The van der Waals surface area contributed by atoms with Gasteiger partial charge in [-0.15, -0.1) is 0 Å². The maximum absolute atomic E-state index is 12.7. The van der Waals surface area contributed by atoms with Crippen molar-refractivity contribution in [2.24, 2.45) is 5.92 Å². The number of carbonyl (C=O) groups is 2. The topological polar surface area (TPSA) is 67.4 Å². The highest BCUT2D eigenvalue weighted by molar-refractivity contribution is 9.10. The first kappa shape index (κ1) is 15.0. The second-order valence-electron chi connectivity index (χ2n) is 6.93. The molecule has 5 nitrogen and oxygen atoms in total. The minimum Gasteiger partial charge on any atom is -0.487 e. The van der Waals surface area contributed by atoms with Crippen LogP contribution in [-0.4, -0.2) is 17.5 Å². The molecule has 2 aliphatic heterocycles. The van der Waals surface area contributed by atoms with Crippen molar-refractivity contribution in [3.05, 3.63) is 28.2 Å². The van der Waals surface area contributed by atoms with Gasteiger partial charge < -0.3 is 10.1 Å². The number of nitrogens with one attached hydrogen (secondary N) is 2. The Kier molecular flexibility index (Phi) is 3.24. The number of amides is 3. The fraction of sp³-hybridized carbons (Fsp3) is 0.529. The highest BCUT2D eigenvalue weighted by Crippen LogP contribution is 2.52. The van der Waals surface area contributed by atoms with Gasteiger partial charge in [0.1, 0.15) is 11.4 Å². The summed E-state index contributed by atoms with van der Waals surface area (Å²) in [7, 11) is 0. The molecular weight excluding hydrogens is 360 g/mol. The molecule has 1 aromatic rings. The molecule has 3 aliphatic rings. The summed E-state index contributed by atoms with van der Waals surface area (Å²) in [5.74, 6) is 1.04. The fourth-order valence-electron chi connectivity index (χ4n) is 4.38. The Hall–Kier alpha value is -1.56. The molecule has 1 saturated carbocycles. The SMILES string of the molecule is CCC1CCC2(C1)CC1(NC(=O)NC1=O)c1cc(Br)ccc1O2. The van der Waals surface area contributed by atoms with E-state index in [1.165, 1.54) is 0 Å². The Balaban J connectivity index is 1.84. The number of halogens is 1. The molecule has 6 heteroatoms. The molecule has 1 aromatic carbocycles. The van der Waals surface area contributed by atoms with Crippen LogP contribution in [-0.2, 0) is 10.3 Å². The second-order valence-corrected chi connectivity index (χ2v) is 7.85. The van der Waals surface area contributed by atoms with E-state index in [2.05, 4.69) is 33.5 Å². The fourth-order valence-corrected chi connectivity index (χ4v) is 4.74. The molecule has 3 atom stereocenters. The van der Waals surface area contributed by atoms with E-state index < -0.39 is 11.6 Å². The van der Waals surface area contributed by atoms with Gasteiger partial charge in [0.15, 0.2) is 5.54 Å². The van der Waals surface area contributed by atoms with Crippen LogP contribution in [0.25, 0.3) is 0 Å². The Morgan fingerprint density at radius 2 is 2.22 bits per heavy atom. The summed E-state index contributed by atoms with van der Waals surface area (Å²) >= 11 is 3.45. The van der Waals surface area contributed by atoms with E-state index in [9.17, 15) is 9.59 Å². The lowest BCUT2D eigenvalue weighted by Gasteiger charge is -2.44. The van der Waals surface area contributed by atoms with Gasteiger partial charge in [-0.3, -0.25) is 10.1 Å². The first-order valence-corrected chi connectivity index (χ1v) is 8.88. The molecule has 3 unspecified atom stereocenters. The molecular formula is C17H19BrN2O3. The number of benzene rings is 1. The minimum absolute atomic E-state index is 0.274. The second kappa shape index (κ2) is 4.97. The van der Waals surface area contributed by atoms with Crippen LogP contribution in [0.4, 0.5) is 4.79 Å². The third kappa shape index (κ3) is 2.18. The monoisotopic (exact) mass is 378 g/mol. The van der Waals surface area contributed by atoms with E-state index in [0.717, 1.165) is 35.7 Å². The number of carbonyl (C=O) groups excluding carboxylic acids is 2. The Labute approximate surface area is 143 Å². The van der Waals surface area contributed by atoms with Crippen LogP contribution in [0.3, 0.4) is 0 Å². The third-order valence-electron chi connectivity index (χ3n) is 5.50. The van der Waals surface area contributed by atoms with Crippen molar-refractivity contribution in [1.82, 2.24) is 10.6 Å². The quantitative estimate of drug-likeness (QED) is 0.737. The van der Waals surface area contributed by atoms with Gasteiger partial charge in [0.05, 0.1) is 0 Å². The van der Waals surface area contributed by atoms with Gasteiger partial charge in [-0.05, 0) is 43.4 Å². The molecule has 2 spiro atoms. The summed E-state index contributed by atoms with van der Waals surface area (Å²) in [6, 6.07) is 5.24. The highest BCUT2D eigenvalue weighted by atomic mass is 79.9. The first-order chi connectivity index (χ1) is 11.0. The molecule has 1 saturated heterocycles. The lowest BCUT2D eigenvalue weighted by molar-refractivity contribution is -0.128. The maximum atomic E-state index is 12.7. The number of hydrogen-bond acceptors (Lipinski definition) is 3. The van der Waals surface area contributed by atoms with E-state index in [1.54, 1.807) is 0 Å². The number of hydrogen-bond donors (Lipinski definition) is 2. The largest absolute Gasteiger partial charge is 0.487 e. The van der Waals surface area contributed by atoms with Crippen molar-refractivity contribution in [2.75, 3.05) is 0 Å². The number of ether oxygens (including phenoxy) is 1. The predicted octanol–water partition coefficient (Wildman–Crippen LogP) is 3.22. The van der Waals surface area contributed by atoms with E-state index >= 15 is 0 Å². The van der Waals surface area contributed by atoms with Crippen molar-refractivity contribution >= 4 is 27.9 Å². The van der Waals surface area contributed by atoms with Crippen LogP contribution in [0.1, 0.15) is 44.6 Å².